The molecule has 4 rings (SSSR count). The Hall–Kier alpha value is -2.45. The van der Waals surface area contributed by atoms with Crippen LogP contribution in [-0.4, -0.2) is 53.9 Å². The van der Waals surface area contributed by atoms with Gasteiger partial charge in [-0.25, -0.2) is 0 Å². The second-order valence-corrected chi connectivity index (χ2v) is 10.5. The van der Waals surface area contributed by atoms with Crippen molar-refractivity contribution in [2.75, 3.05) is 0 Å². The first-order valence-electron chi connectivity index (χ1n) is 13.6. The lowest BCUT2D eigenvalue weighted by Crippen LogP contribution is -2.52. The zero-order valence-corrected chi connectivity index (χ0v) is 23.4. The van der Waals surface area contributed by atoms with Crippen molar-refractivity contribution in [1.29, 1.82) is 0 Å². The molecular weight excluding hydrogens is 482 g/mol. The van der Waals surface area contributed by atoms with Gasteiger partial charge in [-0.15, -0.1) is 0 Å². The Balaban J connectivity index is 0.000000212. The Labute approximate surface area is 226 Å². The van der Waals surface area contributed by atoms with Crippen molar-refractivity contribution in [2.45, 2.75) is 104 Å². The van der Waals surface area contributed by atoms with Gasteiger partial charge in [-0.3, -0.25) is 0 Å². The smallest absolute Gasteiger partial charge is 0.106 e. The summed E-state index contributed by atoms with van der Waals surface area (Å²) in [6.45, 7) is 13.1. The van der Waals surface area contributed by atoms with Crippen LogP contribution >= 0.6 is 0 Å². The molecule has 2 aromatic rings. The van der Waals surface area contributed by atoms with Gasteiger partial charge in [0.2, 0.25) is 0 Å². The first kappa shape index (κ1) is 30.1. The Morgan fingerprint density at radius 1 is 0.711 bits per heavy atom. The van der Waals surface area contributed by atoms with E-state index in [1.165, 1.54) is 0 Å². The summed E-state index contributed by atoms with van der Waals surface area (Å²) in [7, 11) is 0. The van der Waals surface area contributed by atoms with Crippen molar-refractivity contribution in [3.63, 3.8) is 0 Å². The monoisotopic (exact) mass is 525 g/mol. The van der Waals surface area contributed by atoms with Gasteiger partial charge in [-0.2, -0.15) is 0 Å². The molecule has 2 aliphatic rings. The molecule has 2 fully saturated rings. The minimum absolute atomic E-state index is 0.0934. The third-order valence-corrected chi connectivity index (χ3v) is 7.77. The Bertz CT molecular complexity index is 989. The lowest BCUT2D eigenvalue weighted by molar-refractivity contribution is -0.204. The highest BCUT2D eigenvalue weighted by atomic mass is 16.5. The van der Waals surface area contributed by atoms with Gasteiger partial charge in [0, 0.05) is 16.7 Å². The topological polar surface area (TPSA) is 106 Å². The molecule has 0 spiro atoms. The Morgan fingerprint density at radius 3 is 1.66 bits per heavy atom. The average Bonchev–Trinajstić information content (AvgIpc) is 2.92. The number of azide groups is 1. The predicted molar refractivity (Wildman–Crippen MR) is 147 cm³/mol. The van der Waals surface area contributed by atoms with E-state index in [-0.39, 0.29) is 54.5 Å². The van der Waals surface area contributed by atoms with Gasteiger partial charge in [0.1, 0.15) is 6.10 Å². The third kappa shape index (κ3) is 8.03. The van der Waals surface area contributed by atoms with Crippen molar-refractivity contribution in [1.82, 2.24) is 0 Å². The fraction of sp³-hybridized carbons (Fsp3) is 0.600. The molecular formula is C30H43N3O5. The molecule has 0 radical (unpaired) electrons. The maximum atomic E-state index is 10.2. The fourth-order valence-electron chi connectivity index (χ4n) is 5.03. The number of hydrogen-bond donors (Lipinski definition) is 1. The number of rotatable bonds is 7. The Kier molecular flexibility index (Phi) is 11.6. The second kappa shape index (κ2) is 14.6. The molecule has 8 nitrogen and oxygen atoms in total. The van der Waals surface area contributed by atoms with Crippen LogP contribution in [0.1, 0.15) is 52.7 Å². The molecule has 4 unspecified atom stereocenters. The van der Waals surface area contributed by atoms with Gasteiger partial charge in [-0.05, 0) is 44.4 Å². The molecule has 10 atom stereocenters. The highest BCUT2D eigenvalue weighted by Gasteiger charge is 2.41. The minimum atomic E-state index is -0.556. The minimum Gasteiger partial charge on any atom is -0.388 e. The third-order valence-electron chi connectivity index (χ3n) is 7.77. The summed E-state index contributed by atoms with van der Waals surface area (Å²) in [6.07, 6.45) is -0.927. The fourth-order valence-corrected chi connectivity index (χ4v) is 5.03. The summed E-state index contributed by atoms with van der Waals surface area (Å²) in [4.78, 5) is 2.94. The number of nitrogens with zero attached hydrogens (tertiary/aromatic N) is 3. The average molecular weight is 526 g/mol. The molecule has 38 heavy (non-hydrogen) atoms. The van der Waals surface area contributed by atoms with Gasteiger partial charge >= 0.3 is 0 Å². The lowest BCUT2D eigenvalue weighted by atomic mass is 9.87. The zero-order valence-electron chi connectivity index (χ0n) is 23.4. The lowest BCUT2D eigenvalue weighted by Gasteiger charge is -2.42. The van der Waals surface area contributed by atoms with Crippen LogP contribution in [0, 0.1) is 11.8 Å². The number of aliphatic hydroxyl groups is 1. The van der Waals surface area contributed by atoms with E-state index in [4.69, 9.17) is 24.5 Å². The van der Waals surface area contributed by atoms with Gasteiger partial charge < -0.3 is 24.1 Å². The molecule has 0 bridgehead atoms. The molecule has 0 aliphatic carbocycles. The largest absolute Gasteiger partial charge is 0.388 e. The van der Waals surface area contributed by atoms with E-state index in [0.29, 0.717) is 13.2 Å². The standard InChI is InChI=1S/C15H21N3O2.C15H22O3/c1-10-11(2)20-12(3)14(17-18-16)15(10)19-9-13-7-5-4-6-8-13;1-10-11(2)18-12(3)14(16)15(10)17-9-13-7-5-4-6-8-13/h4-8,10-12,14-15H,9H2,1-3H3;4-8,10-12,14-16H,9H2,1-3H3/t10-,11?,12?,14-,15-;10-,11?,12?,14+,15-/m11/s1. The van der Waals surface area contributed by atoms with Gasteiger partial charge in [0.25, 0.3) is 0 Å². The summed E-state index contributed by atoms with van der Waals surface area (Å²) in [5.41, 5.74) is 11.0. The molecule has 8 heteroatoms. The van der Waals surface area contributed by atoms with E-state index in [9.17, 15) is 5.11 Å². The maximum absolute atomic E-state index is 10.2. The number of hydrogen-bond acceptors (Lipinski definition) is 6. The van der Waals surface area contributed by atoms with Crippen molar-refractivity contribution in [2.24, 2.45) is 17.0 Å². The van der Waals surface area contributed by atoms with Crippen LogP contribution in [0.5, 0.6) is 0 Å². The van der Waals surface area contributed by atoms with E-state index >= 15 is 0 Å². The second-order valence-electron chi connectivity index (χ2n) is 10.5. The summed E-state index contributed by atoms with van der Waals surface area (Å²) in [5, 5.41) is 14.0. The predicted octanol–water partition coefficient (Wildman–Crippen LogP) is 6.07. The molecule has 208 valence electrons. The Morgan fingerprint density at radius 2 is 1.16 bits per heavy atom. The van der Waals surface area contributed by atoms with Crippen LogP contribution in [-0.2, 0) is 32.2 Å². The molecule has 1 N–H and O–H groups in total. The highest BCUT2D eigenvalue weighted by molar-refractivity contribution is 5.14. The summed E-state index contributed by atoms with van der Waals surface area (Å²) in [6, 6.07) is 19.8. The van der Waals surface area contributed by atoms with Crippen LogP contribution < -0.4 is 0 Å². The van der Waals surface area contributed by atoms with Gasteiger partial charge in [0.15, 0.2) is 0 Å². The summed E-state index contributed by atoms with van der Waals surface area (Å²) in [5.74, 6) is 0.380. The normalized spacial score (nSPS) is 34.9. The molecule has 0 amide bonds. The highest BCUT2D eigenvalue weighted by Crippen LogP contribution is 2.31. The van der Waals surface area contributed by atoms with E-state index in [0.717, 1.165) is 11.1 Å². The van der Waals surface area contributed by atoms with Crippen molar-refractivity contribution in [3.8, 4) is 0 Å². The summed E-state index contributed by atoms with van der Waals surface area (Å²) >= 11 is 0. The zero-order chi connectivity index (χ0) is 27.7. The van der Waals surface area contributed by atoms with Crippen LogP contribution in [0.15, 0.2) is 65.8 Å². The first-order valence-corrected chi connectivity index (χ1v) is 13.6. The van der Waals surface area contributed by atoms with Crippen LogP contribution in [0.3, 0.4) is 0 Å². The van der Waals surface area contributed by atoms with Crippen molar-refractivity contribution in [3.05, 3.63) is 82.2 Å². The van der Waals surface area contributed by atoms with Crippen LogP contribution in [0.25, 0.3) is 10.4 Å². The van der Waals surface area contributed by atoms with Crippen LogP contribution in [0.2, 0.25) is 0 Å². The van der Waals surface area contributed by atoms with E-state index in [2.05, 4.69) is 23.9 Å². The molecule has 0 saturated carbocycles. The SMILES string of the molecule is CC1OC(C)[C@@H](N=[N+]=[N-])[C@H](OCc2ccccc2)[C@@H]1C.CC1OC(C)[C@H](O)[C@H](OCc2ccccc2)[C@@H]1C. The molecule has 2 saturated heterocycles. The number of ether oxygens (including phenoxy) is 4. The van der Waals surface area contributed by atoms with E-state index in [1.54, 1.807) is 0 Å². The summed E-state index contributed by atoms with van der Waals surface area (Å²) < 4.78 is 23.4. The molecule has 0 aromatic heterocycles. The van der Waals surface area contributed by atoms with E-state index < -0.39 is 6.10 Å². The molecule has 2 aliphatic heterocycles. The van der Waals surface area contributed by atoms with Gasteiger partial charge in [-0.1, -0.05) is 79.6 Å². The van der Waals surface area contributed by atoms with Crippen molar-refractivity contribution >= 4 is 0 Å². The molecule has 2 aromatic carbocycles. The first-order chi connectivity index (χ1) is 18.2. The van der Waals surface area contributed by atoms with Gasteiger partial charge in [0.05, 0.1) is 55.9 Å². The van der Waals surface area contributed by atoms with E-state index in [1.807, 2.05) is 88.4 Å². The number of benzene rings is 2. The van der Waals surface area contributed by atoms with Crippen molar-refractivity contribution < 1.29 is 24.1 Å². The quantitative estimate of drug-likeness (QED) is 0.268. The van der Waals surface area contributed by atoms with Crippen LogP contribution in [0.4, 0.5) is 0 Å². The number of aliphatic hydroxyl groups excluding tert-OH is 1. The maximum Gasteiger partial charge on any atom is 0.106 e. The molecule has 2 heterocycles.